The predicted molar refractivity (Wildman–Crippen MR) is 105 cm³/mol. The van der Waals surface area contributed by atoms with Gasteiger partial charge in [0.25, 0.3) is 5.91 Å². The molecule has 0 unspecified atom stereocenters. The minimum absolute atomic E-state index is 0.0788. The Bertz CT molecular complexity index is 881. The lowest BCUT2D eigenvalue weighted by Gasteiger charge is -2.20. The van der Waals surface area contributed by atoms with Crippen molar-refractivity contribution in [2.75, 3.05) is 13.1 Å². The summed E-state index contributed by atoms with van der Waals surface area (Å²) in [5.74, 6) is 0.0788. The van der Waals surface area contributed by atoms with Gasteiger partial charge in [-0.05, 0) is 30.5 Å². The van der Waals surface area contributed by atoms with Crippen LogP contribution in [0, 0.1) is 0 Å². The maximum absolute atomic E-state index is 13.3. The fraction of sp³-hybridized carbons (Fsp3) is 0.318. The van der Waals surface area contributed by atoms with Gasteiger partial charge in [-0.2, -0.15) is 5.10 Å². The molecule has 1 saturated heterocycles. The van der Waals surface area contributed by atoms with Gasteiger partial charge in [0.05, 0.1) is 12.1 Å². The molecule has 0 N–H and O–H groups in total. The molecule has 27 heavy (non-hydrogen) atoms. The first-order valence-corrected chi connectivity index (χ1v) is 9.62. The summed E-state index contributed by atoms with van der Waals surface area (Å²) in [6.45, 7) is 2.30. The van der Waals surface area contributed by atoms with Crippen molar-refractivity contribution in [1.29, 1.82) is 0 Å². The maximum Gasteiger partial charge on any atom is 0.257 e. The second kappa shape index (κ2) is 8.16. The molecule has 4 rings (SSSR count). The predicted octanol–water partition coefficient (Wildman–Crippen LogP) is 4.01. The number of carbonyl (C=O) groups is 1. The smallest absolute Gasteiger partial charge is 0.257 e. The third-order valence-electron chi connectivity index (χ3n) is 5.01. The van der Waals surface area contributed by atoms with Crippen LogP contribution >= 0.6 is 0 Å². The van der Waals surface area contributed by atoms with Gasteiger partial charge in [-0.1, -0.05) is 43.2 Å². The highest BCUT2D eigenvalue weighted by Gasteiger charge is 2.24. The van der Waals surface area contributed by atoms with Crippen LogP contribution in [0.2, 0.25) is 0 Å². The summed E-state index contributed by atoms with van der Waals surface area (Å²) < 4.78 is 1.86. The van der Waals surface area contributed by atoms with E-state index in [1.165, 1.54) is 12.8 Å². The molecule has 1 amide bonds. The topological polar surface area (TPSA) is 51.0 Å². The second-order valence-corrected chi connectivity index (χ2v) is 7.02. The molecule has 3 aromatic rings. The van der Waals surface area contributed by atoms with E-state index in [0.29, 0.717) is 17.8 Å². The molecule has 5 nitrogen and oxygen atoms in total. The first kappa shape index (κ1) is 17.5. The number of nitrogens with zero attached hydrogens (tertiary/aromatic N) is 4. The Balaban J connectivity index is 1.68. The van der Waals surface area contributed by atoms with Gasteiger partial charge >= 0.3 is 0 Å². The van der Waals surface area contributed by atoms with E-state index in [9.17, 15) is 4.79 Å². The van der Waals surface area contributed by atoms with E-state index in [4.69, 9.17) is 5.10 Å². The van der Waals surface area contributed by atoms with E-state index in [1.54, 1.807) is 12.4 Å². The first-order valence-electron chi connectivity index (χ1n) is 9.62. The van der Waals surface area contributed by atoms with E-state index in [2.05, 4.69) is 17.1 Å². The number of aromatic nitrogens is 3. The van der Waals surface area contributed by atoms with Crippen LogP contribution in [0.15, 0.2) is 61.1 Å². The summed E-state index contributed by atoms with van der Waals surface area (Å²) >= 11 is 0. The van der Waals surface area contributed by atoms with Crippen LogP contribution in [0.3, 0.4) is 0 Å². The summed E-state index contributed by atoms with van der Waals surface area (Å²) in [5.41, 5.74) is 3.42. The van der Waals surface area contributed by atoms with E-state index >= 15 is 0 Å². The maximum atomic E-state index is 13.3. The summed E-state index contributed by atoms with van der Waals surface area (Å²) in [5, 5.41) is 4.74. The molecule has 138 valence electrons. The Morgan fingerprint density at radius 1 is 0.963 bits per heavy atom. The van der Waals surface area contributed by atoms with Crippen molar-refractivity contribution in [2.45, 2.75) is 32.2 Å². The Morgan fingerprint density at radius 2 is 1.74 bits per heavy atom. The zero-order chi connectivity index (χ0) is 18.5. The van der Waals surface area contributed by atoms with Crippen molar-refractivity contribution in [3.05, 3.63) is 72.2 Å². The molecule has 2 aromatic heterocycles. The van der Waals surface area contributed by atoms with Crippen LogP contribution in [-0.4, -0.2) is 38.7 Å². The summed E-state index contributed by atoms with van der Waals surface area (Å²) in [4.78, 5) is 19.5. The van der Waals surface area contributed by atoms with Crippen molar-refractivity contribution in [2.24, 2.45) is 0 Å². The minimum Gasteiger partial charge on any atom is -0.339 e. The lowest BCUT2D eigenvalue weighted by molar-refractivity contribution is 0.0762. The number of amides is 1. The van der Waals surface area contributed by atoms with E-state index in [1.807, 2.05) is 46.1 Å². The molecule has 0 spiro atoms. The van der Waals surface area contributed by atoms with Crippen LogP contribution in [0.1, 0.15) is 41.6 Å². The number of rotatable bonds is 4. The molecule has 0 atom stereocenters. The Kier molecular flexibility index (Phi) is 5.28. The minimum atomic E-state index is 0.0788. The Hall–Kier alpha value is -2.95. The molecule has 0 radical (unpaired) electrons. The van der Waals surface area contributed by atoms with Crippen LogP contribution in [0.25, 0.3) is 11.3 Å². The third-order valence-corrected chi connectivity index (χ3v) is 5.01. The molecular formula is C22H24N4O. The van der Waals surface area contributed by atoms with E-state index < -0.39 is 0 Å². The second-order valence-electron chi connectivity index (χ2n) is 7.02. The average molecular weight is 360 g/mol. The quantitative estimate of drug-likeness (QED) is 0.706. The fourth-order valence-electron chi connectivity index (χ4n) is 3.59. The van der Waals surface area contributed by atoms with Crippen molar-refractivity contribution in [1.82, 2.24) is 19.7 Å². The van der Waals surface area contributed by atoms with Gasteiger partial charge in [-0.15, -0.1) is 0 Å². The van der Waals surface area contributed by atoms with Crippen LogP contribution in [0.5, 0.6) is 0 Å². The van der Waals surface area contributed by atoms with Crippen LogP contribution in [0.4, 0.5) is 0 Å². The molecular weight excluding hydrogens is 336 g/mol. The highest BCUT2D eigenvalue weighted by atomic mass is 16.2. The van der Waals surface area contributed by atoms with Crippen LogP contribution < -0.4 is 0 Å². The Morgan fingerprint density at radius 3 is 2.44 bits per heavy atom. The molecule has 1 aliphatic heterocycles. The third kappa shape index (κ3) is 4.08. The highest BCUT2D eigenvalue weighted by molar-refractivity contribution is 5.99. The van der Waals surface area contributed by atoms with Gasteiger partial charge < -0.3 is 4.90 Å². The zero-order valence-electron chi connectivity index (χ0n) is 15.4. The zero-order valence-corrected chi connectivity index (χ0v) is 15.4. The van der Waals surface area contributed by atoms with Crippen molar-refractivity contribution < 1.29 is 4.79 Å². The summed E-state index contributed by atoms with van der Waals surface area (Å²) in [6, 6.07) is 14.0. The molecule has 1 fully saturated rings. The SMILES string of the molecule is O=C(c1cn(Cc2ccccc2)nc1-c1cccnc1)N1CCCCCC1. The number of hydrogen-bond donors (Lipinski definition) is 0. The number of benzene rings is 1. The van der Waals surface area contributed by atoms with Crippen molar-refractivity contribution >= 4 is 5.91 Å². The average Bonchev–Trinajstić information content (AvgIpc) is 2.94. The Labute approximate surface area is 159 Å². The molecule has 1 aromatic carbocycles. The monoisotopic (exact) mass is 360 g/mol. The number of hydrogen-bond acceptors (Lipinski definition) is 3. The van der Waals surface area contributed by atoms with Gasteiger partial charge in [0, 0.05) is 37.2 Å². The number of pyridine rings is 1. The van der Waals surface area contributed by atoms with Gasteiger partial charge in [0.1, 0.15) is 5.69 Å². The van der Waals surface area contributed by atoms with Gasteiger partial charge in [0.2, 0.25) is 0 Å². The van der Waals surface area contributed by atoms with Crippen molar-refractivity contribution in [3.8, 4) is 11.3 Å². The summed E-state index contributed by atoms with van der Waals surface area (Å²) in [7, 11) is 0. The molecule has 0 saturated carbocycles. The molecule has 0 aliphatic carbocycles. The fourth-order valence-corrected chi connectivity index (χ4v) is 3.59. The van der Waals surface area contributed by atoms with Gasteiger partial charge in [-0.25, -0.2) is 0 Å². The molecule has 1 aliphatic rings. The van der Waals surface area contributed by atoms with E-state index in [0.717, 1.165) is 37.1 Å². The lowest BCUT2D eigenvalue weighted by atomic mass is 10.1. The molecule has 5 heteroatoms. The first-order chi connectivity index (χ1) is 13.3. The highest BCUT2D eigenvalue weighted by Crippen LogP contribution is 2.24. The molecule has 3 heterocycles. The van der Waals surface area contributed by atoms with Crippen molar-refractivity contribution in [3.63, 3.8) is 0 Å². The molecule has 0 bridgehead atoms. The van der Waals surface area contributed by atoms with Gasteiger partial charge in [0.15, 0.2) is 0 Å². The number of likely N-dealkylation sites (tertiary alicyclic amines) is 1. The summed E-state index contributed by atoms with van der Waals surface area (Å²) in [6.07, 6.45) is 9.95. The largest absolute Gasteiger partial charge is 0.339 e. The van der Waals surface area contributed by atoms with Gasteiger partial charge in [-0.3, -0.25) is 14.5 Å². The standard InChI is InChI=1S/C22H24N4O/c27-22(25-13-6-1-2-7-14-25)20-17-26(16-18-9-4-3-5-10-18)24-21(20)19-11-8-12-23-15-19/h3-5,8-12,15,17H,1-2,6-7,13-14,16H2. The van der Waals surface area contributed by atoms with E-state index in [-0.39, 0.29) is 5.91 Å². The number of carbonyl (C=O) groups excluding carboxylic acids is 1. The van der Waals surface area contributed by atoms with Crippen LogP contribution in [-0.2, 0) is 6.54 Å². The normalized spacial score (nSPS) is 14.7. The lowest BCUT2D eigenvalue weighted by Crippen LogP contribution is -2.31.